The molecular weight excluding hydrogens is 1380 g/mol. The Labute approximate surface area is 552 Å². The second-order valence-corrected chi connectivity index (χ2v) is 27.7. The third kappa shape index (κ3) is 18.6. The van der Waals surface area contributed by atoms with Crippen molar-refractivity contribution in [1.82, 2.24) is 10.6 Å². The number of carboxylic acid groups (broad SMARTS) is 2. The van der Waals surface area contributed by atoms with E-state index in [0.29, 0.717) is 0 Å². The van der Waals surface area contributed by atoms with Crippen LogP contribution in [-0.2, 0) is 85.5 Å². The van der Waals surface area contributed by atoms with Crippen LogP contribution in [0.2, 0.25) is 0 Å². The summed E-state index contributed by atoms with van der Waals surface area (Å²) < 4.78 is 81.6. The van der Waals surface area contributed by atoms with E-state index in [1.54, 1.807) is 0 Å². The predicted octanol–water partition coefficient (Wildman–Crippen LogP) is -14.1. The molecule has 14 bridgehead atoms. The highest BCUT2D eigenvalue weighted by Gasteiger charge is 2.60. The number of rotatable bonds is 19. The van der Waals surface area contributed by atoms with Crippen LogP contribution >= 0.6 is 43.2 Å². The molecule has 21 fully saturated rings. The van der Waals surface area contributed by atoms with Crippen LogP contribution in [0.1, 0.15) is 0 Å². The Morgan fingerprint density at radius 3 is 0.600 bits per heavy atom. The molecule has 41 nitrogen and oxygen atoms in total. The molecule has 23 N–H and O–H groups in total. The molecule has 95 heavy (non-hydrogen) atoms. The minimum Gasteiger partial charge on any atom is -0.481 e. The van der Waals surface area contributed by atoms with E-state index in [1.807, 2.05) is 0 Å². The van der Waals surface area contributed by atoms with Crippen LogP contribution in [0.4, 0.5) is 0 Å². The highest BCUT2D eigenvalue weighted by molar-refractivity contribution is 8.77. The molecule has 21 heterocycles. The highest BCUT2D eigenvalue weighted by Crippen LogP contribution is 2.39. The number of carboxylic acids is 2. The summed E-state index contributed by atoms with van der Waals surface area (Å²) in [7, 11) is 3.24. The van der Waals surface area contributed by atoms with Gasteiger partial charge in [-0.25, -0.2) is 0 Å². The number of aliphatic carboxylic acids is 2. The van der Waals surface area contributed by atoms with Gasteiger partial charge in [-0.1, -0.05) is 43.2 Å². The normalized spacial score (nSPS) is 46.9. The number of carbonyl (C=O) groups excluding carboxylic acids is 2. The fourth-order valence-corrected chi connectivity index (χ4v) is 14.6. The minimum absolute atomic E-state index is 0.375. The molecular formula is C50H80N2O39S4. The molecule has 21 aliphatic rings. The van der Waals surface area contributed by atoms with E-state index >= 15 is 0 Å². The van der Waals surface area contributed by atoms with Gasteiger partial charge in [-0.05, 0) is 0 Å². The van der Waals surface area contributed by atoms with Gasteiger partial charge in [0.15, 0.2) is 44.0 Å². The maximum atomic E-state index is 13.0. The van der Waals surface area contributed by atoms with Crippen molar-refractivity contribution in [2.24, 2.45) is 0 Å². The maximum Gasteiger partial charge on any atom is 0.314 e. The smallest absolute Gasteiger partial charge is 0.314 e. The average molecular weight is 1460 g/mol. The molecule has 45 heteroatoms. The Hall–Kier alpha value is -2.04. The van der Waals surface area contributed by atoms with Crippen molar-refractivity contribution < 1.29 is 193 Å². The summed E-state index contributed by atoms with van der Waals surface area (Å²) >= 11 is 0. The quantitative estimate of drug-likeness (QED) is 0.0422. The van der Waals surface area contributed by atoms with E-state index in [0.717, 1.165) is 43.2 Å². The third-order valence-corrected chi connectivity index (χ3v) is 20.6. The van der Waals surface area contributed by atoms with Gasteiger partial charge in [-0.2, -0.15) is 0 Å². The van der Waals surface area contributed by atoms with Gasteiger partial charge in [0.25, 0.3) is 0 Å². The summed E-state index contributed by atoms with van der Waals surface area (Å²) in [5.74, 6) is -5.48. The van der Waals surface area contributed by atoms with Crippen molar-refractivity contribution in [3.8, 4) is 0 Å². The number of aliphatic hydroxyl groups excluding tert-OH is 19. The molecule has 0 aromatic rings. The first-order valence-corrected chi connectivity index (χ1v) is 34.3. The first kappa shape index (κ1) is 78.7. The zero-order chi connectivity index (χ0) is 69.4. The average Bonchev–Trinajstić information content (AvgIpc) is 0.791. The zero-order valence-corrected chi connectivity index (χ0v) is 52.6. The molecule has 0 aromatic heterocycles. The lowest BCUT2D eigenvalue weighted by Crippen LogP contribution is -2.68. The predicted molar refractivity (Wildman–Crippen MR) is 305 cm³/mol. The molecule has 21 saturated heterocycles. The summed E-state index contributed by atoms with van der Waals surface area (Å²) in [5.41, 5.74) is 0. The summed E-state index contributed by atoms with van der Waals surface area (Å²) in [6, 6.07) is 0. The SMILES string of the molecule is O=C(O)CSSCC(=O)NCC1OC2OC3C(CO)OC(OC4C(CO)OC(OC5C(CNC(=O)CSSCC(=O)O)OC(OC6C(CO)OC(OC7C(CO)OC(OC8C(CO)OC(OC1C(O)C2O)C(O)C8O)C(O)C7O)C(O)C6O)C(O)C5O)C(O)C4O)C(O)C3O. The number of amides is 2. The Bertz CT molecular complexity index is 2400. The molecule has 2 amide bonds. The fourth-order valence-electron chi connectivity index (χ4n) is 11.4. The number of aliphatic hydroxyl groups is 19. The molecule has 21 aliphatic heterocycles. The van der Waals surface area contributed by atoms with Gasteiger partial charge in [0, 0.05) is 13.1 Å². The number of carbonyl (C=O) groups is 4. The topological polar surface area (TPSA) is 646 Å². The van der Waals surface area contributed by atoms with Crippen LogP contribution in [0.5, 0.6) is 0 Å². The summed E-state index contributed by atoms with van der Waals surface area (Å²) in [6.07, 6.45) is -73.4. The number of nitrogens with one attached hydrogen (secondary N) is 2. The minimum atomic E-state index is -2.31. The van der Waals surface area contributed by atoms with E-state index in [-0.39, 0.29) is 11.5 Å². The van der Waals surface area contributed by atoms with Crippen molar-refractivity contribution in [3.05, 3.63) is 0 Å². The Kier molecular flexibility index (Phi) is 29.6. The molecule has 0 saturated carbocycles. The van der Waals surface area contributed by atoms with Gasteiger partial charge in [0.2, 0.25) is 11.8 Å². The molecule has 21 rings (SSSR count). The van der Waals surface area contributed by atoms with Crippen LogP contribution in [0.15, 0.2) is 0 Å². The van der Waals surface area contributed by atoms with Gasteiger partial charge in [-0.3, -0.25) is 19.2 Å². The van der Waals surface area contributed by atoms with Gasteiger partial charge in [0.05, 0.1) is 44.5 Å². The monoisotopic (exact) mass is 1460 g/mol. The number of hydrogen-bond acceptors (Lipinski definition) is 41. The number of ether oxygens (including phenoxy) is 14. The third-order valence-electron chi connectivity index (χ3n) is 16.3. The van der Waals surface area contributed by atoms with E-state index < -0.39 is 296 Å². The lowest BCUT2D eigenvalue weighted by Gasteiger charge is -2.50. The Balaban J connectivity index is 1.10. The second-order valence-electron chi connectivity index (χ2n) is 22.7. The van der Waals surface area contributed by atoms with Gasteiger partial charge < -0.3 is 184 Å². The summed E-state index contributed by atoms with van der Waals surface area (Å²) in [4.78, 5) is 48.2. The van der Waals surface area contributed by atoms with Crippen LogP contribution in [-0.4, -0.2) is 415 Å². The Morgan fingerprint density at radius 1 is 0.253 bits per heavy atom. The molecule has 35 atom stereocenters. The molecule has 548 valence electrons. The van der Waals surface area contributed by atoms with Crippen LogP contribution in [0.3, 0.4) is 0 Å². The van der Waals surface area contributed by atoms with Crippen molar-refractivity contribution >= 4 is 66.9 Å². The molecule has 0 aliphatic carbocycles. The van der Waals surface area contributed by atoms with Crippen LogP contribution in [0.25, 0.3) is 0 Å². The molecule has 0 spiro atoms. The van der Waals surface area contributed by atoms with Gasteiger partial charge in [0.1, 0.15) is 182 Å². The second kappa shape index (κ2) is 35.7. The summed E-state index contributed by atoms with van der Waals surface area (Å²) in [5, 5.41) is 238. The number of hydrogen-bond donors (Lipinski definition) is 23. The summed E-state index contributed by atoms with van der Waals surface area (Å²) in [6.45, 7) is -6.99. The van der Waals surface area contributed by atoms with E-state index in [9.17, 15) is 116 Å². The first-order chi connectivity index (χ1) is 45.2. The van der Waals surface area contributed by atoms with E-state index in [1.165, 1.54) is 0 Å². The highest BCUT2D eigenvalue weighted by atomic mass is 33.1. The van der Waals surface area contributed by atoms with Crippen molar-refractivity contribution in [1.29, 1.82) is 0 Å². The lowest BCUT2D eigenvalue weighted by molar-refractivity contribution is -0.395. The maximum absolute atomic E-state index is 13.0. The fraction of sp³-hybridized carbons (Fsp3) is 0.920. The largest absolute Gasteiger partial charge is 0.481 e. The van der Waals surface area contributed by atoms with Gasteiger partial charge >= 0.3 is 11.9 Å². The zero-order valence-electron chi connectivity index (χ0n) is 49.4. The Morgan fingerprint density at radius 2 is 0.421 bits per heavy atom. The standard InChI is InChI=1S/C50H80N2O39S4/c53-3-14-39-27(68)34(75)48(82-14)89-41-16(5-55)80-46(32(73)25(41)66)85-37-12(1-51-19(58)8-92-94-10-21(60)61)79-45(31(72)24(37)65)88-40-15(4-54)83-49(35(76)28(40)69)91-43-18(7-57)84-50(36(77)29(43)70)90-42-17(6-56)81-47(33(74)26(42)67)86-38-13(78-44(87-39)30(71)23(38)64)2-52-20(59)9-93-95-11-22(62)63/h12-18,23-50,53-57,64-77H,1-11H2,(H,51,58)(H,52,59)(H,60,61)(H,62,63). The van der Waals surface area contributed by atoms with E-state index in [2.05, 4.69) is 10.6 Å². The van der Waals surface area contributed by atoms with Crippen molar-refractivity contribution in [2.45, 2.75) is 215 Å². The lowest BCUT2D eigenvalue weighted by atomic mass is 9.95. The van der Waals surface area contributed by atoms with Crippen molar-refractivity contribution in [2.75, 3.05) is 69.1 Å². The van der Waals surface area contributed by atoms with Crippen LogP contribution in [0, 0.1) is 0 Å². The van der Waals surface area contributed by atoms with Crippen LogP contribution < -0.4 is 10.6 Å². The van der Waals surface area contributed by atoms with E-state index in [4.69, 9.17) is 76.5 Å². The molecule has 0 aromatic carbocycles. The molecule has 0 radical (unpaired) electrons. The van der Waals surface area contributed by atoms with Crippen molar-refractivity contribution in [3.63, 3.8) is 0 Å². The molecule has 35 unspecified atom stereocenters. The van der Waals surface area contributed by atoms with Gasteiger partial charge in [-0.15, -0.1) is 0 Å². The first-order valence-electron chi connectivity index (χ1n) is 29.4.